The maximum atomic E-state index is 12.2. The number of hydrogen-bond donors (Lipinski definition) is 0. The van der Waals surface area contributed by atoms with E-state index in [1.807, 2.05) is 6.08 Å². The summed E-state index contributed by atoms with van der Waals surface area (Å²) in [6.45, 7) is 13.6. The van der Waals surface area contributed by atoms with E-state index in [4.69, 9.17) is 33.2 Å². The minimum atomic E-state index is -1.16. The summed E-state index contributed by atoms with van der Waals surface area (Å²) >= 11 is 0. The normalized spacial score (nSPS) is 32.3. The molecule has 0 N–H and O–H groups in total. The summed E-state index contributed by atoms with van der Waals surface area (Å²) in [5.74, 6) is -2.25. The molecule has 1 aliphatic heterocycles. The van der Waals surface area contributed by atoms with Crippen LogP contribution in [0.3, 0.4) is 0 Å². The van der Waals surface area contributed by atoms with Gasteiger partial charge in [0.15, 0.2) is 24.6 Å². The van der Waals surface area contributed by atoms with Crippen molar-refractivity contribution in [2.24, 2.45) is 22.7 Å². The lowest BCUT2D eigenvalue weighted by Gasteiger charge is -2.59. The molecule has 1 saturated carbocycles. The Morgan fingerprint density at radius 2 is 1.51 bits per heavy atom. The van der Waals surface area contributed by atoms with Gasteiger partial charge in [-0.15, -0.1) is 0 Å². The lowest BCUT2D eigenvalue weighted by molar-refractivity contribution is -0.286. The highest BCUT2D eigenvalue weighted by atomic mass is 16.7. The van der Waals surface area contributed by atoms with E-state index in [9.17, 15) is 24.0 Å². The monoisotopic (exact) mass is 664 g/mol. The van der Waals surface area contributed by atoms with E-state index in [1.165, 1.54) is 40.2 Å². The number of carbonyl (C=O) groups excluding carboxylic acids is 5. The molecule has 0 aromatic rings. The third kappa shape index (κ3) is 10.1. The number of allylic oxidation sites excluding steroid dienone is 2. The molecule has 3 rings (SSSR count). The fraction of sp³-hybridized carbons (Fsp3) is 0.743. The molecule has 264 valence electrons. The first-order chi connectivity index (χ1) is 22.1. The van der Waals surface area contributed by atoms with E-state index >= 15 is 0 Å². The Balaban J connectivity index is 1.89. The summed E-state index contributed by atoms with van der Waals surface area (Å²) in [5, 5.41) is 0. The standard InChI is InChI=1S/C35H52O12/c1-21-10-9-11-30-34(21,7)16-13-28(35(30,8)15-12-27(18-42-23(3)37)14-17-41-22(2)36)19-43-33-32(47-26(6)40)31(46-25(5)39)29(20-44-33)45-24(4)38/h10,14,28-33H,9,11-13,15-20H2,1-8H3. The Bertz CT molecular complexity index is 1220. The molecular weight excluding hydrogens is 612 g/mol. The van der Waals surface area contributed by atoms with E-state index in [0.717, 1.165) is 37.7 Å². The van der Waals surface area contributed by atoms with E-state index in [0.29, 0.717) is 12.3 Å². The average molecular weight is 665 g/mol. The van der Waals surface area contributed by atoms with E-state index in [2.05, 4.69) is 26.8 Å². The van der Waals surface area contributed by atoms with Crippen LogP contribution in [0.5, 0.6) is 0 Å². The average Bonchev–Trinajstić information content (AvgIpc) is 2.96. The van der Waals surface area contributed by atoms with Crippen molar-refractivity contribution in [3.05, 3.63) is 23.3 Å². The number of hydrogen-bond acceptors (Lipinski definition) is 12. The summed E-state index contributed by atoms with van der Waals surface area (Å²) < 4.78 is 39.3. The molecule has 12 heteroatoms. The zero-order valence-corrected chi connectivity index (χ0v) is 29.1. The summed E-state index contributed by atoms with van der Waals surface area (Å²) in [4.78, 5) is 59.0. The molecule has 2 fully saturated rings. The smallest absolute Gasteiger partial charge is 0.303 e. The van der Waals surface area contributed by atoms with Gasteiger partial charge in [-0.05, 0) is 79.8 Å². The lowest BCUT2D eigenvalue weighted by Crippen LogP contribution is -2.58. The van der Waals surface area contributed by atoms with Crippen molar-refractivity contribution in [2.45, 2.75) is 119 Å². The Morgan fingerprint density at radius 3 is 2.13 bits per heavy atom. The van der Waals surface area contributed by atoms with Gasteiger partial charge in [-0.2, -0.15) is 0 Å². The van der Waals surface area contributed by atoms with Crippen molar-refractivity contribution < 1.29 is 57.1 Å². The number of carbonyl (C=O) groups is 5. The molecule has 3 aliphatic rings. The molecule has 0 amide bonds. The first kappa shape index (κ1) is 38.2. The van der Waals surface area contributed by atoms with Crippen molar-refractivity contribution in [1.29, 1.82) is 0 Å². The molecule has 12 nitrogen and oxygen atoms in total. The van der Waals surface area contributed by atoms with Crippen LogP contribution in [0.2, 0.25) is 0 Å². The number of rotatable bonds is 13. The van der Waals surface area contributed by atoms with Crippen LogP contribution in [0.4, 0.5) is 0 Å². The van der Waals surface area contributed by atoms with E-state index in [1.54, 1.807) is 0 Å². The summed E-state index contributed by atoms with van der Waals surface area (Å²) in [7, 11) is 0. The van der Waals surface area contributed by atoms with Crippen LogP contribution in [-0.4, -0.2) is 80.9 Å². The predicted molar refractivity (Wildman–Crippen MR) is 168 cm³/mol. The van der Waals surface area contributed by atoms with Gasteiger partial charge < -0.3 is 33.2 Å². The van der Waals surface area contributed by atoms with Crippen molar-refractivity contribution in [1.82, 2.24) is 0 Å². The molecule has 0 spiro atoms. The lowest BCUT2D eigenvalue weighted by atomic mass is 9.46. The van der Waals surface area contributed by atoms with Crippen LogP contribution in [0.1, 0.15) is 93.9 Å². The summed E-state index contributed by atoms with van der Waals surface area (Å²) in [6, 6.07) is 0. The zero-order valence-electron chi connectivity index (χ0n) is 29.1. The molecule has 8 atom stereocenters. The Hall–Kier alpha value is -3.25. The van der Waals surface area contributed by atoms with Crippen LogP contribution >= 0.6 is 0 Å². The quantitative estimate of drug-likeness (QED) is 0.152. The van der Waals surface area contributed by atoms with Crippen LogP contribution in [0, 0.1) is 22.7 Å². The predicted octanol–water partition coefficient (Wildman–Crippen LogP) is 4.77. The van der Waals surface area contributed by atoms with Gasteiger partial charge in [0.2, 0.25) is 0 Å². The third-order valence-electron chi connectivity index (χ3n) is 10.2. The Kier molecular flexibility index (Phi) is 13.6. The second-order valence-corrected chi connectivity index (χ2v) is 13.5. The fourth-order valence-electron chi connectivity index (χ4n) is 7.66. The number of fused-ring (bicyclic) bond motifs is 1. The van der Waals surface area contributed by atoms with Crippen LogP contribution in [-0.2, 0) is 57.1 Å². The maximum absolute atomic E-state index is 12.2. The van der Waals surface area contributed by atoms with E-state index < -0.39 is 54.4 Å². The largest absolute Gasteiger partial charge is 0.462 e. The second-order valence-electron chi connectivity index (χ2n) is 13.5. The molecule has 1 heterocycles. The van der Waals surface area contributed by atoms with Crippen LogP contribution in [0.25, 0.3) is 0 Å². The van der Waals surface area contributed by atoms with E-state index in [-0.39, 0.29) is 43.2 Å². The van der Waals surface area contributed by atoms with Gasteiger partial charge in [-0.3, -0.25) is 24.0 Å². The minimum Gasteiger partial charge on any atom is -0.462 e. The zero-order chi connectivity index (χ0) is 34.9. The van der Waals surface area contributed by atoms with Crippen molar-refractivity contribution >= 4 is 29.8 Å². The molecule has 2 aliphatic carbocycles. The van der Waals surface area contributed by atoms with Crippen LogP contribution < -0.4 is 0 Å². The van der Waals surface area contributed by atoms with Crippen molar-refractivity contribution in [2.75, 3.05) is 26.4 Å². The highest BCUT2D eigenvalue weighted by Crippen LogP contribution is 2.62. The van der Waals surface area contributed by atoms with Gasteiger partial charge in [-0.1, -0.05) is 25.5 Å². The third-order valence-corrected chi connectivity index (χ3v) is 10.2. The van der Waals surface area contributed by atoms with Crippen molar-refractivity contribution in [3.63, 3.8) is 0 Å². The minimum absolute atomic E-state index is 0.000289. The van der Waals surface area contributed by atoms with Crippen LogP contribution in [0.15, 0.2) is 23.3 Å². The molecular formula is C35H52O12. The molecule has 0 bridgehead atoms. The van der Waals surface area contributed by atoms with Gasteiger partial charge >= 0.3 is 29.8 Å². The van der Waals surface area contributed by atoms with Gasteiger partial charge in [-0.25, -0.2) is 0 Å². The Morgan fingerprint density at radius 1 is 0.872 bits per heavy atom. The summed E-state index contributed by atoms with van der Waals surface area (Å²) in [5.41, 5.74) is 2.01. The molecule has 0 aromatic carbocycles. The second kappa shape index (κ2) is 16.7. The fourth-order valence-corrected chi connectivity index (χ4v) is 7.66. The molecule has 8 unspecified atom stereocenters. The SMILES string of the molecule is CC(=O)OCC=C(CCC1(C)C(COC2OCC(OC(C)=O)C(OC(C)=O)C2OC(C)=O)CCC2(C)C(C)=CCCC21)COC(C)=O. The number of ether oxygens (including phenoxy) is 7. The molecule has 1 saturated heterocycles. The first-order valence-electron chi connectivity index (χ1n) is 16.4. The highest BCUT2D eigenvalue weighted by Gasteiger charge is 2.55. The summed E-state index contributed by atoms with van der Waals surface area (Å²) in [6.07, 6.45) is 5.01. The Labute approximate surface area is 277 Å². The highest BCUT2D eigenvalue weighted by molar-refractivity contribution is 5.68. The molecule has 0 aromatic heterocycles. The number of esters is 5. The first-order valence-corrected chi connectivity index (χ1v) is 16.4. The topological polar surface area (TPSA) is 150 Å². The van der Waals surface area contributed by atoms with Crippen molar-refractivity contribution in [3.8, 4) is 0 Å². The van der Waals surface area contributed by atoms with Gasteiger partial charge in [0.25, 0.3) is 0 Å². The van der Waals surface area contributed by atoms with Gasteiger partial charge in [0.05, 0.1) is 13.2 Å². The molecule has 47 heavy (non-hydrogen) atoms. The van der Waals surface area contributed by atoms with Gasteiger partial charge in [0.1, 0.15) is 13.2 Å². The van der Waals surface area contributed by atoms with Gasteiger partial charge in [0, 0.05) is 34.6 Å². The molecule has 0 radical (unpaired) electrons. The maximum Gasteiger partial charge on any atom is 0.303 e.